The number of nitrogens with zero attached hydrogens (tertiary/aromatic N) is 4. The third-order valence-corrected chi connectivity index (χ3v) is 3.97. The second kappa shape index (κ2) is 5.40. The topological polar surface area (TPSA) is 74.8 Å². The summed E-state index contributed by atoms with van der Waals surface area (Å²) in [6, 6.07) is 0. The standard InChI is InChI=1S/C16H20FN5O/c1-9-20-11-5-6-22(7-10(11)15(23)21-9)14-12(17)13(16(2,3)4)18-8-19-14/h8H,5-7H2,1-4H3,(H,20,21,23). The van der Waals surface area contributed by atoms with Gasteiger partial charge in [-0.05, 0) is 6.92 Å². The first-order valence-electron chi connectivity index (χ1n) is 7.62. The van der Waals surface area contributed by atoms with Gasteiger partial charge in [0, 0.05) is 18.4 Å². The first-order valence-corrected chi connectivity index (χ1v) is 7.62. The molecule has 0 fully saturated rings. The second-order valence-electron chi connectivity index (χ2n) is 6.86. The number of rotatable bonds is 1. The third-order valence-electron chi connectivity index (χ3n) is 3.97. The van der Waals surface area contributed by atoms with Crippen LogP contribution in [0.3, 0.4) is 0 Å². The number of nitrogens with one attached hydrogen (secondary N) is 1. The molecule has 0 bridgehead atoms. The maximum atomic E-state index is 14.8. The lowest BCUT2D eigenvalue weighted by molar-refractivity contribution is 0.493. The quantitative estimate of drug-likeness (QED) is 0.869. The van der Waals surface area contributed by atoms with Gasteiger partial charge in [0.05, 0.1) is 23.5 Å². The molecule has 6 nitrogen and oxygen atoms in total. The van der Waals surface area contributed by atoms with Crippen LogP contribution in [-0.4, -0.2) is 26.5 Å². The Hall–Kier alpha value is -2.31. The number of aromatic amines is 1. The Labute approximate surface area is 133 Å². The lowest BCUT2D eigenvalue weighted by Gasteiger charge is -2.30. The molecule has 0 saturated heterocycles. The van der Waals surface area contributed by atoms with E-state index in [0.29, 0.717) is 36.6 Å². The molecule has 3 heterocycles. The van der Waals surface area contributed by atoms with Gasteiger partial charge in [-0.1, -0.05) is 20.8 Å². The van der Waals surface area contributed by atoms with E-state index in [1.165, 1.54) is 6.33 Å². The van der Waals surface area contributed by atoms with Crippen LogP contribution in [0.15, 0.2) is 11.1 Å². The number of anilines is 1. The molecular formula is C16H20FN5O. The summed E-state index contributed by atoms with van der Waals surface area (Å²) in [5.41, 5.74) is 1.17. The highest BCUT2D eigenvalue weighted by Gasteiger charge is 2.28. The van der Waals surface area contributed by atoms with Crippen LogP contribution in [0.1, 0.15) is 43.5 Å². The lowest BCUT2D eigenvalue weighted by Crippen LogP contribution is -2.37. The van der Waals surface area contributed by atoms with E-state index in [2.05, 4.69) is 19.9 Å². The van der Waals surface area contributed by atoms with Crippen molar-refractivity contribution in [3.05, 3.63) is 45.3 Å². The van der Waals surface area contributed by atoms with Crippen LogP contribution in [0, 0.1) is 12.7 Å². The predicted molar refractivity (Wildman–Crippen MR) is 85.0 cm³/mol. The zero-order valence-electron chi connectivity index (χ0n) is 13.8. The third kappa shape index (κ3) is 2.83. The largest absolute Gasteiger partial charge is 0.349 e. The zero-order valence-corrected chi connectivity index (χ0v) is 13.8. The molecule has 0 aromatic carbocycles. The van der Waals surface area contributed by atoms with Crippen LogP contribution in [0.4, 0.5) is 10.2 Å². The molecule has 23 heavy (non-hydrogen) atoms. The Balaban J connectivity index is 2.01. The van der Waals surface area contributed by atoms with Crippen molar-refractivity contribution >= 4 is 5.82 Å². The summed E-state index contributed by atoms with van der Waals surface area (Å²) in [6.45, 7) is 8.35. The highest BCUT2D eigenvalue weighted by molar-refractivity contribution is 5.45. The highest BCUT2D eigenvalue weighted by Crippen LogP contribution is 2.29. The molecule has 1 aliphatic rings. The molecule has 0 radical (unpaired) electrons. The summed E-state index contributed by atoms with van der Waals surface area (Å²) < 4.78 is 14.8. The van der Waals surface area contributed by atoms with E-state index in [9.17, 15) is 9.18 Å². The molecule has 0 unspecified atom stereocenters. The number of fused-ring (bicyclic) bond motifs is 1. The van der Waals surface area contributed by atoms with Gasteiger partial charge >= 0.3 is 0 Å². The van der Waals surface area contributed by atoms with Crippen LogP contribution in [0.25, 0.3) is 0 Å². The Morgan fingerprint density at radius 2 is 2.04 bits per heavy atom. The van der Waals surface area contributed by atoms with Gasteiger partial charge in [-0.3, -0.25) is 4.79 Å². The minimum Gasteiger partial charge on any atom is -0.349 e. The smallest absolute Gasteiger partial charge is 0.256 e. The number of halogens is 1. The van der Waals surface area contributed by atoms with Crippen LogP contribution >= 0.6 is 0 Å². The number of hydrogen-bond acceptors (Lipinski definition) is 5. The fraction of sp³-hybridized carbons (Fsp3) is 0.500. The fourth-order valence-electron chi connectivity index (χ4n) is 2.83. The SMILES string of the molecule is Cc1nc2c(c(=O)[nH]1)CN(c1ncnc(C(C)(C)C)c1F)CC2. The monoisotopic (exact) mass is 317 g/mol. The van der Waals surface area contributed by atoms with Gasteiger partial charge in [0.1, 0.15) is 12.2 Å². The molecule has 122 valence electrons. The van der Waals surface area contributed by atoms with Crippen molar-refractivity contribution in [3.63, 3.8) is 0 Å². The van der Waals surface area contributed by atoms with E-state index in [1.54, 1.807) is 11.8 Å². The number of aryl methyl sites for hydroxylation is 1. The van der Waals surface area contributed by atoms with Crippen molar-refractivity contribution in [2.45, 2.75) is 46.1 Å². The Kier molecular flexibility index (Phi) is 3.66. The maximum Gasteiger partial charge on any atom is 0.256 e. The van der Waals surface area contributed by atoms with E-state index >= 15 is 0 Å². The van der Waals surface area contributed by atoms with Gasteiger partial charge < -0.3 is 9.88 Å². The molecule has 7 heteroatoms. The Bertz CT molecular complexity index is 809. The molecule has 0 aliphatic carbocycles. The molecule has 1 aliphatic heterocycles. The van der Waals surface area contributed by atoms with Crippen LogP contribution in [0.2, 0.25) is 0 Å². The van der Waals surface area contributed by atoms with Crippen LogP contribution in [-0.2, 0) is 18.4 Å². The molecular weight excluding hydrogens is 297 g/mol. The van der Waals surface area contributed by atoms with Crippen molar-refractivity contribution in [1.82, 2.24) is 19.9 Å². The minimum absolute atomic E-state index is 0.164. The maximum absolute atomic E-state index is 14.8. The normalized spacial score (nSPS) is 14.7. The van der Waals surface area contributed by atoms with Crippen molar-refractivity contribution < 1.29 is 4.39 Å². The van der Waals surface area contributed by atoms with Gasteiger partial charge in [-0.25, -0.2) is 19.3 Å². The van der Waals surface area contributed by atoms with Gasteiger partial charge in [0.15, 0.2) is 11.6 Å². The summed E-state index contributed by atoms with van der Waals surface area (Å²) in [7, 11) is 0. The van der Waals surface area contributed by atoms with Crippen molar-refractivity contribution in [2.75, 3.05) is 11.4 Å². The predicted octanol–water partition coefficient (Wildman–Crippen LogP) is 1.87. The molecule has 1 N–H and O–H groups in total. The summed E-state index contributed by atoms with van der Waals surface area (Å²) >= 11 is 0. The molecule has 0 spiro atoms. The average Bonchev–Trinajstić information content (AvgIpc) is 2.46. The summed E-state index contributed by atoms with van der Waals surface area (Å²) in [5, 5.41) is 0. The van der Waals surface area contributed by atoms with E-state index in [0.717, 1.165) is 5.69 Å². The van der Waals surface area contributed by atoms with E-state index in [4.69, 9.17) is 0 Å². The van der Waals surface area contributed by atoms with Crippen molar-refractivity contribution in [2.24, 2.45) is 0 Å². The molecule has 0 amide bonds. The number of H-pyrrole nitrogens is 1. The van der Waals surface area contributed by atoms with Gasteiger partial charge in [0.25, 0.3) is 5.56 Å². The summed E-state index contributed by atoms with van der Waals surface area (Å²) in [6.07, 6.45) is 1.97. The van der Waals surface area contributed by atoms with Gasteiger partial charge in [-0.2, -0.15) is 0 Å². The van der Waals surface area contributed by atoms with Crippen LogP contribution in [0.5, 0.6) is 0 Å². The van der Waals surface area contributed by atoms with E-state index < -0.39 is 11.2 Å². The van der Waals surface area contributed by atoms with Gasteiger partial charge in [0.2, 0.25) is 0 Å². The zero-order chi connectivity index (χ0) is 16.8. The van der Waals surface area contributed by atoms with Gasteiger partial charge in [-0.15, -0.1) is 0 Å². The van der Waals surface area contributed by atoms with E-state index in [1.807, 2.05) is 20.8 Å². The second-order valence-corrected chi connectivity index (χ2v) is 6.86. The summed E-state index contributed by atoms with van der Waals surface area (Å²) in [4.78, 5) is 29.2. The van der Waals surface area contributed by atoms with E-state index in [-0.39, 0.29) is 11.4 Å². The molecule has 2 aromatic heterocycles. The van der Waals surface area contributed by atoms with Crippen molar-refractivity contribution in [1.29, 1.82) is 0 Å². The first-order chi connectivity index (χ1) is 10.8. The Morgan fingerprint density at radius 1 is 1.30 bits per heavy atom. The molecule has 2 aromatic rings. The first kappa shape index (κ1) is 15.6. The number of aromatic nitrogens is 4. The fourth-order valence-corrected chi connectivity index (χ4v) is 2.83. The Morgan fingerprint density at radius 3 is 2.74 bits per heavy atom. The lowest BCUT2D eigenvalue weighted by atomic mass is 9.91. The summed E-state index contributed by atoms with van der Waals surface area (Å²) in [5.74, 6) is 0.431. The van der Waals surface area contributed by atoms with Crippen LogP contribution < -0.4 is 10.5 Å². The average molecular weight is 317 g/mol. The molecule has 0 atom stereocenters. The van der Waals surface area contributed by atoms with Crippen molar-refractivity contribution in [3.8, 4) is 0 Å². The number of hydrogen-bond donors (Lipinski definition) is 1. The molecule has 0 saturated carbocycles. The minimum atomic E-state index is -0.417. The highest BCUT2D eigenvalue weighted by atomic mass is 19.1. The molecule has 3 rings (SSSR count).